The molecule has 0 spiro atoms. The normalized spacial score (nSPS) is 26.1. The van der Waals surface area contributed by atoms with E-state index in [9.17, 15) is 9.59 Å². The van der Waals surface area contributed by atoms with Gasteiger partial charge in [-0.25, -0.2) is 0 Å². The highest BCUT2D eigenvalue weighted by Gasteiger charge is 2.40. The maximum atomic E-state index is 12.7. The Bertz CT molecular complexity index is 855. The Kier molecular flexibility index (Phi) is 5.75. The topological polar surface area (TPSA) is 61.4 Å². The van der Waals surface area contributed by atoms with Crippen LogP contribution < -0.4 is 10.6 Å². The lowest BCUT2D eigenvalue weighted by atomic mass is 9.79. The van der Waals surface area contributed by atoms with Gasteiger partial charge in [-0.3, -0.25) is 14.5 Å². The summed E-state index contributed by atoms with van der Waals surface area (Å²) in [7, 11) is 0. The number of nitrogens with zero attached hydrogens (tertiary/aromatic N) is 1. The van der Waals surface area contributed by atoms with Crippen LogP contribution in [0, 0.1) is 5.92 Å². The molecule has 1 aromatic carbocycles. The van der Waals surface area contributed by atoms with Gasteiger partial charge in [-0.05, 0) is 75.2 Å². The maximum absolute atomic E-state index is 12.7. The van der Waals surface area contributed by atoms with Crippen LogP contribution in [0.25, 0.3) is 0 Å². The first-order chi connectivity index (χ1) is 13.5. The van der Waals surface area contributed by atoms with E-state index in [-0.39, 0.29) is 17.9 Å². The molecular formula is C21H25N3O2S2. The van der Waals surface area contributed by atoms with Gasteiger partial charge < -0.3 is 10.6 Å². The van der Waals surface area contributed by atoms with Gasteiger partial charge in [0.15, 0.2) is 0 Å². The van der Waals surface area contributed by atoms with Gasteiger partial charge >= 0.3 is 0 Å². The Labute approximate surface area is 173 Å². The number of rotatable bonds is 5. The second-order valence-corrected chi connectivity index (χ2v) is 10.00. The average molecular weight is 416 g/mol. The minimum atomic E-state index is -0.0638. The molecule has 7 heteroatoms. The van der Waals surface area contributed by atoms with Crippen LogP contribution >= 0.6 is 23.1 Å². The molecule has 0 saturated carbocycles. The summed E-state index contributed by atoms with van der Waals surface area (Å²) in [6.45, 7) is 6.06. The highest BCUT2D eigenvalue weighted by Crippen LogP contribution is 2.36. The van der Waals surface area contributed by atoms with Gasteiger partial charge in [0.2, 0.25) is 5.91 Å². The van der Waals surface area contributed by atoms with Crippen molar-refractivity contribution in [3.63, 3.8) is 0 Å². The number of nitrogens with one attached hydrogen (secondary N) is 2. The molecule has 2 bridgehead atoms. The van der Waals surface area contributed by atoms with Gasteiger partial charge in [0.25, 0.3) is 5.91 Å². The molecule has 148 valence electrons. The number of hydrogen-bond donors (Lipinski definition) is 2. The summed E-state index contributed by atoms with van der Waals surface area (Å²) in [5.74, 6) is 0.563. The molecule has 5 nitrogen and oxygen atoms in total. The minimum absolute atomic E-state index is 0.0196. The molecule has 3 aliphatic rings. The van der Waals surface area contributed by atoms with Gasteiger partial charge in [-0.1, -0.05) is 11.8 Å². The number of carbonyl (C=O) groups is 2. The lowest BCUT2D eigenvalue weighted by Gasteiger charge is -2.49. The van der Waals surface area contributed by atoms with Crippen molar-refractivity contribution in [2.45, 2.75) is 47.9 Å². The number of fused-ring (bicyclic) bond motifs is 3. The summed E-state index contributed by atoms with van der Waals surface area (Å²) in [6.07, 6.45) is 2.37. The molecule has 1 aromatic heterocycles. The van der Waals surface area contributed by atoms with Crippen molar-refractivity contribution in [1.82, 2.24) is 10.2 Å². The van der Waals surface area contributed by atoms with Gasteiger partial charge in [0, 0.05) is 29.5 Å². The van der Waals surface area contributed by atoms with Crippen molar-refractivity contribution in [2.24, 2.45) is 5.92 Å². The molecule has 2 atom stereocenters. The molecule has 3 aliphatic heterocycles. The predicted molar refractivity (Wildman–Crippen MR) is 114 cm³/mol. The molecule has 0 aliphatic carbocycles. The Hall–Kier alpha value is -1.83. The van der Waals surface area contributed by atoms with E-state index in [2.05, 4.69) is 22.5 Å². The Balaban J connectivity index is 1.37. The summed E-state index contributed by atoms with van der Waals surface area (Å²) in [5, 5.41) is 6.93. The molecule has 4 heterocycles. The first kappa shape index (κ1) is 19.5. The van der Waals surface area contributed by atoms with Crippen molar-refractivity contribution < 1.29 is 9.59 Å². The molecule has 2 unspecified atom stereocenters. The number of benzene rings is 1. The van der Waals surface area contributed by atoms with Crippen LogP contribution in [-0.2, 0) is 4.79 Å². The van der Waals surface area contributed by atoms with Crippen LogP contribution in [0.5, 0.6) is 0 Å². The molecule has 3 fully saturated rings. The summed E-state index contributed by atoms with van der Waals surface area (Å²) < 4.78 is 1.10. The third kappa shape index (κ3) is 4.26. The Morgan fingerprint density at radius 3 is 2.46 bits per heavy atom. The Morgan fingerprint density at radius 1 is 1.11 bits per heavy atom. The summed E-state index contributed by atoms with van der Waals surface area (Å²) in [5.41, 5.74) is 0.707. The van der Waals surface area contributed by atoms with Crippen LogP contribution in [0.15, 0.2) is 45.5 Å². The van der Waals surface area contributed by atoms with Crippen molar-refractivity contribution in [3.8, 4) is 0 Å². The molecule has 2 amide bonds. The number of carbonyl (C=O) groups excluding carboxylic acids is 2. The molecule has 3 saturated heterocycles. The highest BCUT2D eigenvalue weighted by atomic mass is 32.2. The van der Waals surface area contributed by atoms with E-state index in [1.54, 1.807) is 23.1 Å². The second kappa shape index (κ2) is 8.27. The van der Waals surface area contributed by atoms with E-state index in [4.69, 9.17) is 0 Å². The zero-order chi connectivity index (χ0) is 19.7. The fourth-order valence-corrected chi connectivity index (χ4v) is 6.24. The molecule has 5 rings (SSSR count). The van der Waals surface area contributed by atoms with E-state index in [0.29, 0.717) is 17.5 Å². The summed E-state index contributed by atoms with van der Waals surface area (Å²) in [4.78, 5) is 27.4. The fourth-order valence-electron chi connectivity index (χ4n) is 4.19. The first-order valence-electron chi connectivity index (χ1n) is 9.70. The number of amides is 2. The molecular weight excluding hydrogens is 390 g/mol. The zero-order valence-corrected chi connectivity index (χ0v) is 17.7. The third-order valence-electron chi connectivity index (χ3n) is 5.69. The number of piperidine rings is 3. The van der Waals surface area contributed by atoms with Crippen LogP contribution in [-0.4, -0.2) is 41.9 Å². The third-order valence-corrected chi connectivity index (χ3v) is 7.83. The van der Waals surface area contributed by atoms with Crippen LogP contribution in [0.2, 0.25) is 0 Å². The molecule has 2 N–H and O–H groups in total. The summed E-state index contributed by atoms with van der Waals surface area (Å²) >= 11 is 3.17. The predicted octanol–water partition coefficient (Wildman–Crippen LogP) is 4.07. The number of anilines is 1. The van der Waals surface area contributed by atoms with E-state index >= 15 is 0 Å². The maximum Gasteiger partial charge on any atom is 0.251 e. The average Bonchev–Trinajstić information content (AvgIpc) is 3.11. The highest BCUT2D eigenvalue weighted by molar-refractivity contribution is 8.01. The van der Waals surface area contributed by atoms with Crippen LogP contribution in [0.4, 0.5) is 5.00 Å². The quantitative estimate of drug-likeness (QED) is 0.773. The second-order valence-electron chi connectivity index (χ2n) is 7.54. The van der Waals surface area contributed by atoms with E-state index in [0.717, 1.165) is 27.2 Å². The van der Waals surface area contributed by atoms with Crippen LogP contribution in [0.1, 0.15) is 37.0 Å². The van der Waals surface area contributed by atoms with Crippen LogP contribution in [0.3, 0.4) is 0 Å². The number of thiophene rings is 1. The lowest BCUT2D eigenvalue weighted by molar-refractivity contribution is -0.114. The van der Waals surface area contributed by atoms with E-state index in [1.165, 1.54) is 19.8 Å². The van der Waals surface area contributed by atoms with Gasteiger partial charge in [0.05, 0.1) is 9.21 Å². The van der Waals surface area contributed by atoms with Gasteiger partial charge in [-0.2, -0.15) is 0 Å². The monoisotopic (exact) mass is 415 g/mol. The van der Waals surface area contributed by atoms with Gasteiger partial charge in [-0.15, -0.1) is 11.3 Å². The van der Waals surface area contributed by atoms with E-state index < -0.39 is 0 Å². The number of hydrogen-bond acceptors (Lipinski definition) is 5. The molecule has 28 heavy (non-hydrogen) atoms. The minimum Gasteiger partial charge on any atom is -0.347 e. The smallest absolute Gasteiger partial charge is 0.251 e. The Morgan fingerprint density at radius 2 is 1.82 bits per heavy atom. The van der Waals surface area contributed by atoms with Crippen molar-refractivity contribution in [3.05, 3.63) is 42.0 Å². The zero-order valence-electron chi connectivity index (χ0n) is 16.1. The molecule has 2 aromatic rings. The van der Waals surface area contributed by atoms with E-state index in [1.807, 2.05) is 36.4 Å². The lowest BCUT2D eigenvalue weighted by Crippen LogP contribution is -2.62. The molecule has 0 radical (unpaired) electrons. The SMILES string of the molecule is CC(=O)Nc1ccc(Sc2ccc(C(=O)NC3C4CCN(CC4)C3C)cc2)s1. The van der Waals surface area contributed by atoms with Crippen molar-refractivity contribution in [1.29, 1.82) is 0 Å². The standard InChI is InChI=1S/C21H25N3O2S2/c1-13-20(15-9-11-24(13)12-10-15)23-21(26)16-3-5-17(6-4-16)27-19-8-7-18(28-19)22-14(2)25/h3-8,13,15,20H,9-12H2,1-2H3,(H,22,25)(H,23,26). The van der Waals surface area contributed by atoms with Gasteiger partial charge in [0.1, 0.15) is 0 Å². The fraction of sp³-hybridized carbons (Fsp3) is 0.429. The summed E-state index contributed by atoms with van der Waals surface area (Å²) in [6, 6.07) is 12.3. The van der Waals surface area contributed by atoms with Crippen molar-refractivity contribution in [2.75, 3.05) is 18.4 Å². The largest absolute Gasteiger partial charge is 0.347 e. The van der Waals surface area contributed by atoms with Crippen molar-refractivity contribution >= 4 is 39.9 Å². The first-order valence-corrected chi connectivity index (χ1v) is 11.3.